The standard InChI is InChI=1S/C15H20BrN3O2/c1-3-19(4-2)15(21)14(20)18-12-7-8-17-13-9-10(16)5-6-11(12)13/h5-9,14-15,20-21H,3-4H2,1-2H3,(H,17,18). The molecule has 0 aliphatic carbocycles. The second-order valence-corrected chi connectivity index (χ2v) is 5.66. The highest BCUT2D eigenvalue weighted by molar-refractivity contribution is 9.10. The molecule has 2 aromatic rings. The van der Waals surface area contributed by atoms with E-state index < -0.39 is 12.5 Å². The van der Waals surface area contributed by atoms with E-state index in [1.165, 1.54) is 0 Å². The van der Waals surface area contributed by atoms with E-state index in [-0.39, 0.29) is 0 Å². The summed E-state index contributed by atoms with van der Waals surface area (Å²) in [7, 11) is 0. The molecular weight excluding hydrogens is 334 g/mol. The normalized spacial score (nSPS) is 14.4. The van der Waals surface area contributed by atoms with Gasteiger partial charge >= 0.3 is 0 Å². The van der Waals surface area contributed by atoms with Crippen molar-refractivity contribution in [2.45, 2.75) is 26.3 Å². The first kappa shape index (κ1) is 16.2. The molecular formula is C15H20BrN3O2. The topological polar surface area (TPSA) is 68.6 Å². The third-order valence-electron chi connectivity index (χ3n) is 3.48. The lowest BCUT2D eigenvalue weighted by molar-refractivity contribution is -0.0674. The molecule has 1 aromatic carbocycles. The Morgan fingerprint density at radius 1 is 1.24 bits per heavy atom. The molecule has 2 atom stereocenters. The van der Waals surface area contributed by atoms with Gasteiger partial charge in [-0.05, 0) is 37.4 Å². The molecule has 0 aliphatic rings. The molecule has 0 aliphatic heterocycles. The number of aromatic nitrogens is 1. The quantitative estimate of drug-likeness (QED) is 0.695. The van der Waals surface area contributed by atoms with E-state index in [1.54, 1.807) is 17.2 Å². The number of nitrogens with zero attached hydrogens (tertiary/aromatic N) is 2. The summed E-state index contributed by atoms with van der Waals surface area (Å²) in [6, 6.07) is 7.54. The van der Waals surface area contributed by atoms with Crippen LogP contribution in [0.1, 0.15) is 13.8 Å². The summed E-state index contributed by atoms with van der Waals surface area (Å²) in [4.78, 5) is 6.07. The zero-order valence-electron chi connectivity index (χ0n) is 12.1. The number of fused-ring (bicyclic) bond motifs is 1. The van der Waals surface area contributed by atoms with Crippen LogP contribution in [0.5, 0.6) is 0 Å². The fourth-order valence-electron chi connectivity index (χ4n) is 2.28. The van der Waals surface area contributed by atoms with E-state index in [0.717, 1.165) is 21.1 Å². The predicted octanol–water partition coefficient (Wildman–Crippen LogP) is 2.39. The van der Waals surface area contributed by atoms with Gasteiger partial charge in [0.25, 0.3) is 0 Å². The average molecular weight is 354 g/mol. The molecule has 0 fully saturated rings. The Morgan fingerprint density at radius 2 is 1.95 bits per heavy atom. The number of anilines is 1. The number of pyridine rings is 1. The first-order chi connectivity index (χ1) is 10.1. The summed E-state index contributed by atoms with van der Waals surface area (Å²) in [5.41, 5.74) is 1.56. The van der Waals surface area contributed by atoms with Crippen molar-refractivity contribution in [2.75, 3.05) is 18.4 Å². The third kappa shape index (κ3) is 3.71. The van der Waals surface area contributed by atoms with E-state index in [0.29, 0.717) is 13.1 Å². The molecule has 0 radical (unpaired) electrons. The second-order valence-electron chi connectivity index (χ2n) is 4.74. The molecule has 1 aromatic heterocycles. The van der Waals surface area contributed by atoms with Crippen LogP contribution in [0.3, 0.4) is 0 Å². The summed E-state index contributed by atoms with van der Waals surface area (Å²) >= 11 is 3.41. The average Bonchev–Trinajstić information content (AvgIpc) is 2.48. The van der Waals surface area contributed by atoms with Gasteiger partial charge in [0.1, 0.15) is 0 Å². The van der Waals surface area contributed by atoms with Crippen molar-refractivity contribution < 1.29 is 10.2 Å². The highest BCUT2D eigenvalue weighted by atomic mass is 79.9. The minimum atomic E-state index is -1.07. The van der Waals surface area contributed by atoms with Gasteiger partial charge in [0.2, 0.25) is 0 Å². The smallest absolute Gasteiger partial charge is 0.164 e. The van der Waals surface area contributed by atoms with Crippen molar-refractivity contribution in [1.82, 2.24) is 9.88 Å². The molecule has 5 nitrogen and oxygen atoms in total. The lowest BCUT2D eigenvalue weighted by Gasteiger charge is -2.29. The van der Waals surface area contributed by atoms with Gasteiger partial charge in [-0.25, -0.2) is 0 Å². The Kier molecular flexibility index (Phi) is 5.52. The second kappa shape index (κ2) is 7.17. The van der Waals surface area contributed by atoms with E-state index in [1.807, 2.05) is 32.0 Å². The van der Waals surface area contributed by atoms with Gasteiger partial charge in [-0.2, -0.15) is 0 Å². The molecule has 3 N–H and O–H groups in total. The van der Waals surface area contributed by atoms with Gasteiger partial charge < -0.3 is 15.5 Å². The zero-order chi connectivity index (χ0) is 15.4. The molecule has 0 bridgehead atoms. The number of halogens is 1. The zero-order valence-corrected chi connectivity index (χ0v) is 13.7. The number of likely N-dealkylation sites (N-methyl/N-ethyl adjacent to an activating group) is 1. The fourth-order valence-corrected chi connectivity index (χ4v) is 2.63. The van der Waals surface area contributed by atoms with Crippen molar-refractivity contribution in [3.8, 4) is 0 Å². The Hall–Kier alpha value is -1.21. The largest absolute Gasteiger partial charge is 0.374 e. The van der Waals surface area contributed by atoms with Crippen LogP contribution in [0.15, 0.2) is 34.9 Å². The summed E-state index contributed by atoms with van der Waals surface area (Å²) < 4.78 is 0.948. The van der Waals surface area contributed by atoms with Crippen LogP contribution in [-0.2, 0) is 0 Å². The lowest BCUT2D eigenvalue weighted by Crippen LogP contribution is -2.46. The maximum absolute atomic E-state index is 10.2. The van der Waals surface area contributed by atoms with Crippen LogP contribution in [0.4, 0.5) is 5.69 Å². The van der Waals surface area contributed by atoms with Crippen LogP contribution in [0.2, 0.25) is 0 Å². The van der Waals surface area contributed by atoms with E-state index in [2.05, 4.69) is 26.2 Å². The Morgan fingerprint density at radius 3 is 2.62 bits per heavy atom. The number of nitrogens with one attached hydrogen (secondary N) is 1. The molecule has 0 amide bonds. The van der Waals surface area contributed by atoms with E-state index >= 15 is 0 Å². The minimum Gasteiger partial charge on any atom is -0.374 e. The van der Waals surface area contributed by atoms with Gasteiger partial charge in [-0.3, -0.25) is 9.88 Å². The number of benzene rings is 1. The van der Waals surface area contributed by atoms with Crippen LogP contribution >= 0.6 is 15.9 Å². The van der Waals surface area contributed by atoms with Crippen molar-refractivity contribution >= 4 is 32.5 Å². The molecule has 21 heavy (non-hydrogen) atoms. The summed E-state index contributed by atoms with van der Waals surface area (Å²) in [6.45, 7) is 5.22. The molecule has 1 heterocycles. The number of hydrogen-bond donors (Lipinski definition) is 3. The number of hydrogen-bond acceptors (Lipinski definition) is 5. The molecule has 6 heteroatoms. The summed E-state index contributed by atoms with van der Waals surface area (Å²) in [6.07, 6.45) is -0.356. The molecule has 0 spiro atoms. The third-order valence-corrected chi connectivity index (χ3v) is 3.97. The number of rotatable bonds is 6. The number of aliphatic hydroxyl groups is 2. The van der Waals surface area contributed by atoms with Gasteiger partial charge in [0, 0.05) is 21.7 Å². The first-order valence-corrected chi connectivity index (χ1v) is 7.77. The van der Waals surface area contributed by atoms with Crippen molar-refractivity contribution in [3.63, 3.8) is 0 Å². The SMILES string of the molecule is CCN(CC)C(O)C(O)Nc1ccnc2cc(Br)ccc12. The van der Waals surface area contributed by atoms with Crippen LogP contribution in [0, 0.1) is 0 Å². The predicted molar refractivity (Wildman–Crippen MR) is 88.0 cm³/mol. The van der Waals surface area contributed by atoms with E-state index in [9.17, 15) is 10.2 Å². The van der Waals surface area contributed by atoms with Crippen LogP contribution in [0.25, 0.3) is 10.9 Å². The van der Waals surface area contributed by atoms with Gasteiger partial charge in [0.05, 0.1) is 5.52 Å². The lowest BCUT2D eigenvalue weighted by atomic mass is 10.2. The molecule has 0 saturated heterocycles. The monoisotopic (exact) mass is 353 g/mol. The van der Waals surface area contributed by atoms with Crippen molar-refractivity contribution in [1.29, 1.82) is 0 Å². The maximum Gasteiger partial charge on any atom is 0.164 e. The Labute approximate surface area is 132 Å². The van der Waals surface area contributed by atoms with Crippen molar-refractivity contribution in [2.24, 2.45) is 0 Å². The first-order valence-electron chi connectivity index (χ1n) is 6.97. The Balaban J connectivity index is 2.23. The van der Waals surface area contributed by atoms with Crippen LogP contribution in [-0.4, -0.2) is 45.6 Å². The van der Waals surface area contributed by atoms with Gasteiger partial charge in [-0.15, -0.1) is 0 Å². The van der Waals surface area contributed by atoms with Gasteiger partial charge in [-0.1, -0.05) is 29.8 Å². The van der Waals surface area contributed by atoms with Gasteiger partial charge in [0.15, 0.2) is 12.5 Å². The summed E-state index contributed by atoms with van der Waals surface area (Å²) in [5.74, 6) is 0. The Bertz CT molecular complexity index is 604. The molecule has 0 saturated carbocycles. The van der Waals surface area contributed by atoms with E-state index in [4.69, 9.17) is 0 Å². The summed E-state index contributed by atoms with van der Waals surface area (Å²) in [5, 5.41) is 24.2. The molecule has 114 valence electrons. The highest BCUT2D eigenvalue weighted by Crippen LogP contribution is 2.25. The highest BCUT2D eigenvalue weighted by Gasteiger charge is 2.21. The fraction of sp³-hybridized carbons (Fsp3) is 0.400. The molecule has 2 rings (SSSR count). The van der Waals surface area contributed by atoms with Crippen LogP contribution < -0.4 is 5.32 Å². The molecule has 2 unspecified atom stereocenters. The van der Waals surface area contributed by atoms with Crippen molar-refractivity contribution in [3.05, 3.63) is 34.9 Å². The minimum absolute atomic E-state index is 0.667. The number of aliphatic hydroxyl groups excluding tert-OH is 2. The maximum atomic E-state index is 10.2.